The summed E-state index contributed by atoms with van der Waals surface area (Å²) in [4.78, 5) is 3.28. The van der Waals surface area contributed by atoms with Crippen LogP contribution in [0.15, 0.2) is 0 Å². The number of rotatable bonds is 3. The maximum atomic E-state index is 10.4. The second kappa shape index (κ2) is 4.73. The molecule has 0 unspecified atom stereocenters. The summed E-state index contributed by atoms with van der Waals surface area (Å²) in [6.07, 6.45) is 0. The first-order valence-corrected chi connectivity index (χ1v) is 5.63. The Morgan fingerprint density at radius 3 is 2.15 bits per heavy atom. The summed E-state index contributed by atoms with van der Waals surface area (Å²) in [5, 5.41) is 0.531. The largest absolute Gasteiger partial charge is 0.355 e. The third kappa shape index (κ3) is 5.78. The Morgan fingerprint density at radius 1 is 1.38 bits per heavy atom. The lowest BCUT2D eigenvalue weighted by Gasteiger charge is -2.24. The van der Waals surface area contributed by atoms with Crippen molar-refractivity contribution in [3.05, 3.63) is 0 Å². The predicted molar refractivity (Wildman–Crippen MR) is 55.3 cm³/mol. The van der Waals surface area contributed by atoms with Gasteiger partial charge in [-0.1, -0.05) is 0 Å². The molecule has 0 aliphatic heterocycles. The first-order valence-electron chi connectivity index (χ1n) is 3.61. The zero-order valence-corrected chi connectivity index (χ0v) is 9.52. The second-order valence-electron chi connectivity index (χ2n) is 2.88. The molecule has 0 spiro atoms. The monoisotopic (exact) mass is 226 g/mol. The summed E-state index contributed by atoms with van der Waals surface area (Å²) in [5.74, 6) is -0.308. The molecule has 1 N–H and O–H groups in total. The minimum absolute atomic E-state index is 0.190. The molecular weight excluding hydrogens is 212 g/mol. The first kappa shape index (κ1) is 12.6. The Labute approximate surface area is 84.1 Å². The van der Waals surface area contributed by atoms with Crippen molar-refractivity contribution in [2.75, 3.05) is 33.4 Å². The molecule has 78 valence electrons. The van der Waals surface area contributed by atoms with E-state index in [0.29, 0.717) is 5.11 Å². The molecule has 0 bridgehead atoms. The predicted octanol–water partition coefficient (Wildman–Crippen LogP) is -0.347. The molecule has 0 atom stereocenters. The van der Waals surface area contributed by atoms with Gasteiger partial charge in [0.15, 0.2) is 5.11 Å². The summed E-state index contributed by atoms with van der Waals surface area (Å²) >= 11 is 4.96. The standard InChI is InChI=1S/C6H14N2O3S2/c1-7(2)6(12)8(3)4-5-13(9,10)11/h4-5H2,1-3H3,(H,9,10,11). The van der Waals surface area contributed by atoms with Gasteiger partial charge in [0.25, 0.3) is 10.1 Å². The smallest absolute Gasteiger partial charge is 0.266 e. The molecule has 0 radical (unpaired) electrons. The summed E-state index contributed by atoms with van der Waals surface area (Å²) in [6, 6.07) is 0. The SMILES string of the molecule is CN(C)C(=S)N(C)CCS(=O)(=O)O. The van der Waals surface area contributed by atoms with Crippen LogP contribution in [-0.4, -0.2) is 61.3 Å². The molecule has 0 heterocycles. The van der Waals surface area contributed by atoms with Crippen LogP contribution in [0.5, 0.6) is 0 Å². The Morgan fingerprint density at radius 2 is 1.85 bits per heavy atom. The van der Waals surface area contributed by atoms with Crippen molar-refractivity contribution in [3.63, 3.8) is 0 Å². The van der Waals surface area contributed by atoms with Crippen molar-refractivity contribution in [3.8, 4) is 0 Å². The van der Waals surface area contributed by atoms with Crippen LogP contribution >= 0.6 is 12.2 Å². The highest BCUT2D eigenvalue weighted by Crippen LogP contribution is 1.93. The van der Waals surface area contributed by atoms with E-state index in [2.05, 4.69) is 0 Å². The van der Waals surface area contributed by atoms with Gasteiger partial charge in [-0.2, -0.15) is 8.42 Å². The van der Waals surface area contributed by atoms with E-state index in [1.54, 1.807) is 30.9 Å². The van der Waals surface area contributed by atoms with Gasteiger partial charge in [0.05, 0.1) is 5.75 Å². The van der Waals surface area contributed by atoms with Crippen molar-refractivity contribution in [2.24, 2.45) is 0 Å². The molecule has 0 aromatic carbocycles. The van der Waals surface area contributed by atoms with Crippen LogP contribution < -0.4 is 0 Å². The minimum Gasteiger partial charge on any atom is -0.355 e. The Kier molecular flexibility index (Phi) is 4.58. The van der Waals surface area contributed by atoms with Crippen molar-refractivity contribution in [1.82, 2.24) is 9.80 Å². The van der Waals surface area contributed by atoms with Crippen LogP contribution in [0.2, 0.25) is 0 Å². The van der Waals surface area contributed by atoms with E-state index in [1.807, 2.05) is 0 Å². The fraction of sp³-hybridized carbons (Fsp3) is 0.833. The average molecular weight is 226 g/mol. The normalized spacial score (nSPS) is 11.1. The number of nitrogens with zero attached hydrogens (tertiary/aromatic N) is 2. The zero-order chi connectivity index (χ0) is 10.6. The highest BCUT2D eigenvalue weighted by Gasteiger charge is 2.10. The molecular formula is C6H14N2O3S2. The quantitative estimate of drug-likeness (QED) is 0.524. The Bertz CT molecular complexity index is 274. The maximum Gasteiger partial charge on any atom is 0.266 e. The third-order valence-electron chi connectivity index (χ3n) is 1.39. The summed E-state index contributed by atoms with van der Waals surface area (Å²) < 4.78 is 29.3. The highest BCUT2D eigenvalue weighted by molar-refractivity contribution is 7.85. The van der Waals surface area contributed by atoms with Crippen LogP contribution in [0.4, 0.5) is 0 Å². The molecule has 0 saturated heterocycles. The molecule has 0 aliphatic carbocycles. The fourth-order valence-electron chi connectivity index (χ4n) is 0.689. The highest BCUT2D eigenvalue weighted by atomic mass is 32.2. The summed E-state index contributed by atoms with van der Waals surface area (Å²) in [5.41, 5.74) is 0. The number of thiocarbonyl (C=S) groups is 1. The van der Waals surface area contributed by atoms with E-state index in [4.69, 9.17) is 16.8 Å². The van der Waals surface area contributed by atoms with E-state index >= 15 is 0 Å². The van der Waals surface area contributed by atoms with Gasteiger partial charge in [-0.3, -0.25) is 4.55 Å². The molecule has 13 heavy (non-hydrogen) atoms. The van der Waals surface area contributed by atoms with Crippen LogP contribution in [0.3, 0.4) is 0 Å². The summed E-state index contributed by atoms with van der Waals surface area (Å²) in [7, 11) is 1.32. The second-order valence-corrected chi connectivity index (χ2v) is 4.82. The van der Waals surface area contributed by atoms with Crippen LogP contribution in [0.25, 0.3) is 0 Å². The van der Waals surface area contributed by atoms with Crippen molar-refractivity contribution >= 4 is 27.4 Å². The van der Waals surface area contributed by atoms with E-state index < -0.39 is 10.1 Å². The van der Waals surface area contributed by atoms with Gasteiger partial charge in [0, 0.05) is 27.7 Å². The van der Waals surface area contributed by atoms with E-state index in [1.165, 1.54) is 0 Å². The van der Waals surface area contributed by atoms with Crippen molar-refractivity contribution < 1.29 is 13.0 Å². The van der Waals surface area contributed by atoms with E-state index in [-0.39, 0.29) is 12.3 Å². The molecule has 0 aromatic rings. The van der Waals surface area contributed by atoms with Gasteiger partial charge in [0.1, 0.15) is 0 Å². The molecule has 0 aromatic heterocycles. The van der Waals surface area contributed by atoms with Gasteiger partial charge in [-0.25, -0.2) is 0 Å². The van der Waals surface area contributed by atoms with Crippen LogP contribution in [0.1, 0.15) is 0 Å². The van der Waals surface area contributed by atoms with Gasteiger partial charge in [-0.05, 0) is 12.2 Å². The average Bonchev–Trinajstić information content (AvgIpc) is 1.97. The van der Waals surface area contributed by atoms with Gasteiger partial charge < -0.3 is 9.80 Å². The molecule has 7 heteroatoms. The molecule has 5 nitrogen and oxygen atoms in total. The lowest BCUT2D eigenvalue weighted by Crippen LogP contribution is -2.38. The van der Waals surface area contributed by atoms with Gasteiger partial charge in [-0.15, -0.1) is 0 Å². The molecule has 0 saturated carbocycles. The molecule has 0 rings (SSSR count). The topological polar surface area (TPSA) is 60.9 Å². The van der Waals surface area contributed by atoms with Crippen molar-refractivity contribution in [2.45, 2.75) is 0 Å². The fourth-order valence-corrected chi connectivity index (χ4v) is 1.29. The van der Waals surface area contributed by atoms with E-state index in [9.17, 15) is 8.42 Å². The lowest BCUT2D eigenvalue weighted by atomic mass is 10.6. The van der Waals surface area contributed by atoms with Crippen LogP contribution in [-0.2, 0) is 10.1 Å². The maximum absolute atomic E-state index is 10.4. The Hall–Kier alpha value is -0.400. The third-order valence-corrected chi connectivity index (χ3v) is 2.77. The summed E-state index contributed by atoms with van der Waals surface area (Å²) in [6.45, 7) is 0.190. The number of hydrogen-bond acceptors (Lipinski definition) is 3. The lowest BCUT2D eigenvalue weighted by molar-refractivity contribution is 0.439. The van der Waals surface area contributed by atoms with Crippen molar-refractivity contribution in [1.29, 1.82) is 0 Å². The van der Waals surface area contributed by atoms with Crippen LogP contribution in [0, 0.1) is 0 Å². The Balaban J connectivity index is 4.03. The molecule has 0 aliphatic rings. The minimum atomic E-state index is -3.90. The molecule has 0 amide bonds. The number of hydrogen-bond donors (Lipinski definition) is 1. The van der Waals surface area contributed by atoms with Gasteiger partial charge >= 0.3 is 0 Å². The van der Waals surface area contributed by atoms with Gasteiger partial charge in [0.2, 0.25) is 0 Å². The van der Waals surface area contributed by atoms with E-state index in [0.717, 1.165) is 0 Å². The molecule has 0 fully saturated rings. The zero-order valence-electron chi connectivity index (χ0n) is 7.89. The first-order chi connectivity index (χ1) is 5.74.